The molecule has 0 aromatic heterocycles. The monoisotopic (exact) mass is 281 g/mol. The molecule has 0 radical (unpaired) electrons. The molecule has 20 heavy (non-hydrogen) atoms. The van der Waals surface area contributed by atoms with Gasteiger partial charge >= 0.3 is 0 Å². The van der Waals surface area contributed by atoms with Crippen LogP contribution in [0.1, 0.15) is 56.8 Å². The van der Waals surface area contributed by atoms with E-state index >= 15 is 0 Å². The molecule has 0 spiro atoms. The van der Waals surface area contributed by atoms with Gasteiger partial charge in [0.05, 0.1) is 5.56 Å². The summed E-state index contributed by atoms with van der Waals surface area (Å²) in [4.78, 5) is 12.0. The van der Waals surface area contributed by atoms with Crippen LogP contribution in [0.3, 0.4) is 0 Å². The van der Waals surface area contributed by atoms with E-state index in [1.807, 2.05) is 0 Å². The normalized spacial score (nSPS) is 11.4. The summed E-state index contributed by atoms with van der Waals surface area (Å²) >= 11 is 0. The number of amides is 1. The molecule has 4 heteroatoms. The first-order chi connectivity index (χ1) is 9.35. The van der Waals surface area contributed by atoms with Crippen LogP contribution in [0.15, 0.2) is 18.2 Å². The third-order valence-electron chi connectivity index (χ3n) is 3.39. The first-order valence-electron chi connectivity index (χ1n) is 7.12. The minimum atomic E-state index is -0.532. The summed E-state index contributed by atoms with van der Waals surface area (Å²) < 4.78 is 13.1. The Morgan fingerprint density at radius 3 is 2.70 bits per heavy atom. The van der Waals surface area contributed by atoms with E-state index in [9.17, 15) is 14.3 Å². The maximum absolute atomic E-state index is 13.1. The highest BCUT2D eigenvalue weighted by Crippen LogP contribution is 2.23. The number of hydrogen-bond donors (Lipinski definition) is 2. The van der Waals surface area contributed by atoms with Gasteiger partial charge in [-0.1, -0.05) is 40.0 Å². The topological polar surface area (TPSA) is 49.3 Å². The Labute approximate surface area is 120 Å². The zero-order valence-electron chi connectivity index (χ0n) is 12.5. The second-order valence-corrected chi connectivity index (χ2v) is 5.97. The first-order valence-corrected chi connectivity index (χ1v) is 7.12. The van der Waals surface area contributed by atoms with Gasteiger partial charge in [0.25, 0.3) is 5.91 Å². The number of rotatable bonds is 7. The van der Waals surface area contributed by atoms with Gasteiger partial charge in [-0.2, -0.15) is 0 Å². The molecule has 1 aromatic rings. The number of aromatic hydroxyl groups is 1. The summed E-state index contributed by atoms with van der Waals surface area (Å²) in [6.07, 6.45) is 4.50. The molecule has 1 rings (SSSR count). The Balaban J connectivity index is 2.56. The molecule has 112 valence electrons. The van der Waals surface area contributed by atoms with Crippen molar-refractivity contribution in [1.29, 1.82) is 0 Å². The molecule has 0 heterocycles. The average molecular weight is 281 g/mol. The SMILES string of the molecule is CCCCCC(C)(C)CNC(=O)c1cc(F)ccc1O. The summed E-state index contributed by atoms with van der Waals surface area (Å²) in [5, 5.41) is 12.3. The number of phenols is 1. The summed E-state index contributed by atoms with van der Waals surface area (Å²) in [5.74, 6) is -1.17. The molecule has 0 aliphatic heterocycles. The van der Waals surface area contributed by atoms with Gasteiger partial charge in [0.2, 0.25) is 0 Å². The van der Waals surface area contributed by atoms with E-state index in [-0.39, 0.29) is 16.7 Å². The number of hydrogen-bond acceptors (Lipinski definition) is 2. The predicted molar refractivity (Wildman–Crippen MR) is 78.3 cm³/mol. The number of carbonyl (C=O) groups is 1. The van der Waals surface area contributed by atoms with Gasteiger partial charge in [-0.3, -0.25) is 4.79 Å². The molecule has 0 saturated heterocycles. The molecular formula is C16H24FNO2. The van der Waals surface area contributed by atoms with Gasteiger partial charge in [-0.05, 0) is 30.0 Å². The van der Waals surface area contributed by atoms with Gasteiger partial charge in [0.15, 0.2) is 0 Å². The lowest BCUT2D eigenvalue weighted by molar-refractivity contribution is 0.0931. The molecule has 0 atom stereocenters. The fraction of sp³-hybridized carbons (Fsp3) is 0.562. The van der Waals surface area contributed by atoms with Gasteiger partial charge in [0.1, 0.15) is 11.6 Å². The van der Waals surface area contributed by atoms with Crippen LogP contribution in [0.5, 0.6) is 5.75 Å². The Bertz CT molecular complexity index is 458. The van der Waals surface area contributed by atoms with E-state index in [0.717, 1.165) is 25.0 Å². The van der Waals surface area contributed by atoms with Gasteiger partial charge in [0, 0.05) is 6.54 Å². The molecule has 1 aromatic carbocycles. The maximum Gasteiger partial charge on any atom is 0.255 e. The largest absolute Gasteiger partial charge is 0.507 e. The van der Waals surface area contributed by atoms with E-state index in [2.05, 4.69) is 26.1 Å². The van der Waals surface area contributed by atoms with Crippen LogP contribution in [0, 0.1) is 11.2 Å². The highest BCUT2D eigenvalue weighted by molar-refractivity contribution is 5.96. The second kappa shape index (κ2) is 7.27. The standard InChI is InChI=1S/C16H24FNO2/c1-4-5-6-9-16(2,3)11-18-15(20)13-10-12(17)7-8-14(13)19/h7-8,10,19H,4-6,9,11H2,1-3H3,(H,18,20). The number of carbonyl (C=O) groups excluding carboxylic acids is 1. The molecule has 0 aliphatic carbocycles. The van der Waals surface area contributed by atoms with Crippen molar-refractivity contribution in [2.24, 2.45) is 5.41 Å². The highest BCUT2D eigenvalue weighted by atomic mass is 19.1. The zero-order valence-corrected chi connectivity index (χ0v) is 12.5. The summed E-state index contributed by atoms with van der Waals surface area (Å²) in [5.41, 5.74) is -0.0253. The Hall–Kier alpha value is -1.58. The van der Waals surface area contributed by atoms with Crippen molar-refractivity contribution in [2.75, 3.05) is 6.54 Å². The smallest absolute Gasteiger partial charge is 0.255 e. The van der Waals surface area contributed by atoms with Crippen molar-refractivity contribution in [3.05, 3.63) is 29.6 Å². The van der Waals surface area contributed by atoms with Crippen molar-refractivity contribution in [2.45, 2.75) is 46.5 Å². The van der Waals surface area contributed by atoms with Crippen molar-refractivity contribution in [3.8, 4) is 5.75 Å². The molecule has 0 aliphatic rings. The Morgan fingerprint density at radius 2 is 2.05 bits per heavy atom. The molecule has 3 nitrogen and oxygen atoms in total. The number of halogens is 1. The van der Waals surface area contributed by atoms with Crippen LogP contribution in [0.25, 0.3) is 0 Å². The summed E-state index contributed by atoms with van der Waals surface area (Å²) in [6.45, 7) is 6.84. The molecule has 0 fully saturated rings. The Morgan fingerprint density at radius 1 is 1.35 bits per heavy atom. The van der Waals surface area contributed by atoms with Crippen molar-refractivity contribution < 1.29 is 14.3 Å². The number of unbranched alkanes of at least 4 members (excludes halogenated alkanes) is 2. The molecular weight excluding hydrogens is 257 g/mol. The highest BCUT2D eigenvalue weighted by Gasteiger charge is 2.20. The molecule has 1 amide bonds. The molecule has 0 saturated carbocycles. The first kappa shape index (κ1) is 16.5. The summed E-state index contributed by atoms with van der Waals surface area (Å²) in [7, 11) is 0. The van der Waals surface area contributed by atoms with E-state index < -0.39 is 11.7 Å². The van der Waals surface area contributed by atoms with Crippen LogP contribution < -0.4 is 5.32 Å². The third-order valence-corrected chi connectivity index (χ3v) is 3.39. The summed E-state index contributed by atoms with van der Waals surface area (Å²) in [6, 6.07) is 3.37. The van der Waals surface area contributed by atoms with Gasteiger partial charge < -0.3 is 10.4 Å². The zero-order chi connectivity index (χ0) is 15.2. The third kappa shape index (κ3) is 5.19. The minimum absolute atomic E-state index is 0.00618. The van der Waals surface area contributed by atoms with Crippen LogP contribution in [-0.2, 0) is 0 Å². The van der Waals surface area contributed by atoms with E-state index in [1.54, 1.807) is 0 Å². The van der Waals surface area contributed by atoms with Crippen molar-refractivity contribution in [1.82, 2.24) is 5.32 Å². The van der Waals surface area contributed by atoms with Crippen LogP contribution in [-0.4, -0.2) is 17.6 Å². The quantitative estimate of drug-likeness (QED) is 0.745. The van der Waals surface area contributed by atoms with Crippen LogP contribution >= 0.6 is 0 Å². The van der Waals surface area contributed by atoms with E-state index in [0.29, 0.717) is 6.54 Å². The number of benzene rings is 1. The predicted octanol–water partition coefficient (Wildman–Crippen LogP) is 3.87. The van der Waals surface area contributed by atoms with E-state index in [4.69, 9.17) is 0 Å². The average Bonchev–Trinajstić information content (AvgIpc) is 2.39. The lowest BCUT2D eigenvalue weighted by Gasteiger charge is -2.25. The van der Waals surface area contributed by atoms with Gasteiger partial charge in [-0.25, -0.2) is 4.39 Å². The fourth-order valence-electron chi connectivity index (χ4n) is 2.05. The molecule has 2 N–H and O–H groups in total. The number of nitrogens with one attached hydrogen (secondary N) is 1. The van der Waals surface area contributed by atoms with Crippen LogP contribution in [0.2, 0.25) is 0 Å². The van der Waals surface area contributed by atoms with Crippen LogP contribution in [0.4, 0.5) is 4.39 Å². The van der Waals surface area contributed by atoms with E-state index in [1.165, 1.54) is 18.9 Å². The van der Waals surface area contributed by atoms with Gasteiger partial charge in [-0.15, -0.1) is 0 Å². The second-order valence-electron chi connectivity index (χ2n) is 5.97. The molecule has 0 unspecified atom stereocenters. The van der Waals surface area contributed by atoms with Crippen molar-refractivity contribution in [3.63, 3.8) is 0 Å². The molecule has 0 bridgehead atoms. The Kier molecular flexibility index (Phi) is 5.99. The fourth-order valence-corrected chi connectivity index (χ4v) is 2.05. The van der Waals surface area contributed by atoms with Crippen molar-refractivity contribution >= 4 is 5.91 Å². The number of phenolic OH excluding ortho intramolecular Hbond substituents is 1. The maximum atomic E-state index is 13.1. The minimum Gasteiger partial charge on any atom is -0.507 e. The lowest BCUT2D eigenvalue weighted by atomic mass is 9.87. The lowest BCUT2D eigenvalue weighted by Crippen LogP contribution is -2.34.